The van der Waals surface area contributed by atoms with Gasteiger partial charge in [-0.05, 0) is 44.0 Å². The van der Waals surface area contributed by atoms with E-state index in [0.29, 0.717) is 32.2 Å². The predicted molar refractivity (Wildman–Crippen MR) is 120 cm³/mol. The van der Waals surface area contributed by atoms with Gasteiger partial charge in [0.1, 0.15) is 18.1 Å². The van der Waals surface area contributed by atoms with Crippen LogP contribution in [-0.4, -0.2) is 46.0 Å². The molecule has 1 aliphatic rings. The summed E-state index contributed by atoms with van der Waals surface area (Å²) in [7, 11) is 1.77. The summed E-state index contributed by atoms with van der Waals surface area (Å²) in [5.74, 6) is 3.01. The number of aryl methyl sites for hydroxylation is 2. The van der Waals surface area contributed by atoms with Gasteiger partial charge in [0.2, 0.25) is 0 Å². The molecule has 2 aromatic carbocycles. The highest BCUT2D eigenvalue weighted by atomic mass is 16.5. The van der Waals surface area contributed by atoms with Crippen molar-refractivity contribution < 1.29 is 14.2 Å². The second kappa shape index (κ2) is 11.5. The molecule has 30 heavy (non-hydrogen) atoms. The fourth-order valence-electron chi connectivity index (χ4n) is 3.24. The number of rotatable bonds is 9. The van der Waals surface area contributed by atoms with Crippen LogP contribution in [0.25, 0.3) is 0 Å². The number of guanidine groups is 1. The Hall–Kier alpha value is -2.73. The fraction of sp³-hybridized carbons (Fsp3) is 0.458. The molecule has 2 N–H and O–H groups in total. The maximum Gasteiger partial charge on any atom is 0.191 e. The van der Waals surface area contributed by atoms with Crippen LogP contribution in [0.4, 0.5) is 0 Å². The van der Waals surface area contributed by atoms with Gasteiger partial charge < -0.3 is 24.8 Å². The first-order valence-electron chi connectivity index (χ1n) is 10.6. The van der Waals surface area contributed by atoms with Gasteiger partial charge in [-0.2, -0.15) is 0 Å². The van der Waals surface area contributed by atoms with Crippen molar-refractivity contribution in [3.8, 4) is 11.5 Å². The topological polar surface area (TPSA) is 64.1 Å². The molecule has 6 nitrogen and oxygen atoms in total. The number of aliphatic imine (C=N–C) groups is 1. The van der Waals surface area contributed by atoms with E-state index in [1.54, 1.807) is 7.05 Å². The average Bonchev–Trinajstić information content (AvgIpc) is 3.27. The van der Waals surface area contributed by atoms with Crippen LogP contribution in [0, 0.1) is 19.8 Å². The van der Waals surface area contributed by atoms with E-state index in [-0.39, 0.29) is 0 Å². The molecule has 2 aromatic rings. The van der Waals surface area contributed by atoms with Crippen LogP contribution >= 0.6 is 0 Å². The Morgan fingerprint density at radius 1 is 1.07 bits per heavy atom. The highest BCUT2D eigenvalue weighted by Gasteiger charge is 2.17. The zero-order chi connectivity index (χ0) is 21.2. The van der Waals surface area contributed by atoms with Gasteiger partial charge in [-0.3, -0.25) is 4.99 Å². The van der Waals surface area contributed by atoms with E-state index in [4.69, 9.17) is 14.2 Å². The highest BCUT2D eigenvalue weighted by molar-refractivity contribution is 5.79. The van der Waals surface area contributed by atoms with Gasteiger partial charge >= 0.3 is 0 Å². The van der Waals surface area contributed by atoms with Gasteiger partial charge in [0.05, 0.1) is 19.8 Å². The molecular formula is C24H33N3O3. The van der Waals surface area contributed by atoms with Crippen LogP contribution in [0.5, 0.6) is 11.5 Å². The lowest BCUT2D eigenvalue weighted by molar-refractivity contribution is 0.166. The van der Waals surface area contributed by atoms with Gasteiger partial charge in [-0.25, -0.2) is 0 Å². The third-order valence-electron chi connectivity index (χ3n) is 5.08. The minimum atomic E-state index is 0.481. The van der Waals surface area contributed by atoms with Crippen molar-refractivity contribution in [3.63, 3.8) is 0 Å². The highest BCUT2D eigenvalue weighted by Crippen LogP contribution is 2.22. The maximum atomic E-state index is 6.12. The predicted octanol–water partition coefficient (Wildman–Crippen LogP) is 3.46. The summed E-state index contributed by atoms with van der Waals surface area (Å²) in [5, 5.41) is 6.64. The molecule has 0 radical (unpaired) electrons. The van der Waals surface area contributed by atoms with Crippen molar-refractivity contribution in [2.24, 2.45) is 10.9 Å². The van der Waals surface area contributed by atoms with E-state index < -0.39 is 0 Å². The summed E-state index contributed by atoms with van der Waals surface area (Å²) in [5.41, 5.74) is 3.52. The lowest BCUT2D eigenvalue weighted by Gasteiger charge is -2.17. The Balaban J connectivity index is 1.44. The minimum absolute atomic E-state index is 0.481. The quantitative estimate of drug-likeness (QED) is 0.376. The normalized spacial score (nSPS) is 16.4. The minimum Gasteiger partial charge on any atom is -0.493 e. The van der Waals surface area contributed by atoms with E-state index in [2.05, 4.69) is 47.7 Å². The van der Waals surface area contributed by atoms with Gasteiger partial charge in [0.15, 0.2) is 5.96 Å². The van der Waals surface area contributed by atoms with Crippen molar-refractivity contribution in [3.05, 3.63) is 59.2 Å². The molecule has 0 aromatic heterocycles. The number of ether oxygens (including phenoxy) is 3. The van der Waals surface area contributed by atoms with Crippen LogP contribution in [0.2, 0.25) is 0 Å². The molecule has 1 atom stereocenters. The third-order valence-corrected chi connectivity index (χ3v) is 5.08. The van der Waals surface area contributed by atoms with E-state index in [1.807, 2.05) is 24.3 Å². The second-order valence-electron chi connectivity index (χ2n) is 7.67. The van der Waals surface area contributed by atoms with Crippen LogP contribution < -0.4 is 20.1 Å². The molecule has 0 spiro atoms. The van der Waals surface area contributed by atoms with E-state index in [9.17, 15) is 0 Å². The first kappa shape index (κ1) is 22.0. The Labute approximate surface area is 179 Å². The summed E-state index contributed by atoms with van der Waals surface area (Å²) in [6.45, 7) is 8.33. The first-order valence-corrected chi connectivity index (χ1v) is 10.6. The van der Waals surface area contributed by atoms with Gasteiger partial charge in [-0.15, -0.1) is 0 Å². The number of nitrogens with one attached hydrogen (secondary N) is 2. The zero-order valence-corrected chi connectivity index (χ0v) is 18.2. The van der Waals surface area contributed by atoms with Gasteiger partial charge in [0, 0.05) is 31.7 Å². The first-order chi connectivity index (χ1) is 14.6. The molecule has 0 saturated carbocycles. The van der Waals surface area contributed by atoms with Crippen LogP contribution in [0.15, 0.2) is 47.5 Å². The molecule has 1 fully saturated rings. The molecular weight excluding hydrogens is 378 g/mol. The summed E-state index contributed by atoms with van der Waals surface area (Å²) in [4.78, 5) is 4.30. The average molecular weight is 412 g/mol. The monoisotopic (exact) mass is 411 g/mol. The Bertz CT molecular complexity index is 815. The van der Waals surface area contributed by atoms with Crippen molar-refractivity contribution in [1.82, 2.24) is 10.6 Å². The summed E-state index contributed by atoms with van der Waals surface area (Å²) >= 11 is 0. The Morgan fingerprint density at radius 3 is 2.60 bits per heavy atom. The Morgan fingerprint density at radius 2 is 1.87 bits per heavy atom. The van der Waals surface area contributed by atoms with Gasteiger partial charge in [0.25, 0.3) is 0 Å². The third kappa shape index (κ3) is 6.95. The van der Waals surface area contributed by atoms with Crippen LogP contribution in [0.1, 0.15) is 23.1 Å². The molecule has 1 unspecified atom stereocenters. The molecule has 3 rings (SSSR count). The fourth-order valence-corrected chi connectivity index (χ4v) is 3.24. The molecule has 0 amide bonds. The van der Waals surface area contributed by atoms with Crippen molar-refractivity contribution in [1.29, 1.82) is 0 Å². The number of benzene rings is 2. The molecule has 0 bridgehead atoms. The molecule has 1 saturated heterocycles. The molecule has 0 aliphatic carbocycles. The smallest absolute Gasteiger partial charge is 0.191 e. The Kier molecular flexibility index (Phi) is 8.39. The van der Waals surface area contributed by atoms with Gasteiger partial charge in [-0.1, -0.05) is 29.8 Å². The summed E-state index contributed by atoms with van der Waals surface area (Å²) in [6, 6.07) is 14.4. The number of nitrogens with zero attached hydrogens (tertiary/aromatic N) is 1. The maximum absolute atomic E-state index is 6.12. The van der Waals surface area contributed by atoms with E-state index in [1.165, 1.54) is 11.1 Å². The van der Waals surface area contributed by atoms with E-state index >= 15 is 0 Å². The zero-order valence-electron chi connectivity index (χ0n) is 18.2. The molecule has 1 heterocycles. The van der Waals surface area contributed by atoms with Crippen LogP contribution in [-0.2, 0) is 11.3 Å². The van der Waals surface area contributed by atoms with E-state index in [0.717, 1.165) is 42.7 Å². The molecule has 6 heteroatoms. The largest absolute Gasteiger partial charge is 0.493 e. The SMILES string of the molecule is CN=C(NCCOc1ccc(C)cc1)NCc1ccc(C)cc1OCC1CCOC1. The number of hydrogen-bond acceptors (Lipinski definition) is 4. The van der Waals surface area contributed by atoms with Crippen molar-refractivity contribution in [2.45, 2.75) is 26.8 Å². The van der Waals surface area contributed by atoms with Crippen molar-refractivity contribution in [2.75, 3.05) is 40.0 Å². The summed E-state index contributed by atoms with van der Waals surface area (Å²) in [6.07, 6.45) is 1.07. The van der Waals surface area contributed by atoms with Crippen molar-refractivity contribution >= 4 is 5.96 Å². The van der Waals surface area contributed by atoms with Crippen LogP contribution in [0.3, 0.4) is 0 Å². The standard InChI is InChI=1S/C24H33N3O3/c1-18-5-8-22(9-6-18)29-13-11-26-24(25-3)27-15-21-7-4-19(2)14-23(21)30-17-20-10-12-28-16-20/h4-9,14,20H,10-13,15-17H2,1-3H3,(H2,25,26,27). The second-order valence-corrected chi connectivity index (χ2v) is 7.67. The molecule has 1 aliphatic heterocycles. The molecule has 162 valence electrons. The lowest BCUT2D eigenvalue weighted by Crippen LogP contribution is -2.39. The summed E-state index contributed by atoms with van der Waals surface area (Å²) < 4.78 is 17.3. The number of hydrogen-bond donors (Lipinski definition) is 2. The lowest BCUT2D eigenvalue weighted by atomic mass is 10.1.